The van der Waals surface area contributed by atoms with Crippen LogP contribution in [0.3, 0.4) is 0 Å². The van der Waals surface area contributed by atoms with Gasteiger partial charge in [0.05, 0.1) is 11.6 Å². The van der Waals surface area contributed by atoms with Crippen molar-refractivity contribution in [1.82, 2.24) is 30.0 Å². The number of aryl methyl sites for hydroxylation is 1. The number of benzene rings is 2. The van der Waals surface area contributed by atoms with Crippen LogP contribution in [0.4, 0.5) is 0 Å². The number of rotatable bonds is 8. The molecule has 7 nitrogen and oxygen atoms in total. The fraction of sp³-hybridized carbons (Fsp3) is 0.346. The Labute approximate surface area is 194 Å². The fourth-order valence-electron chi connectivity index (χ4n) is 4.80. The smallest absolute Gasteiger partial charge is 0.123 e. The zero-order valence-corrected chi connectivity index (χ0v) is 18.7. The highest BCUT2D eigenvalue weighted by molar-refractivity contribution is 5.85. The Morgan fingerprint density at radius 1 is 1.06 bits per heavy atom. The second kappa shape index (κ2) is 9.99. The molecule has 0 amide bonds. The molecule has 1 saturated heterocycles. The van der Waals surface area contributed by atoms with E-state index in [1.807, 2.05) is 16.7 Å². The van der Waals surface area contributed by atoms with Crippen LogP contribution in [0.5, 0.6) is 0 Å². The number of aromatic nitrogens is 4. The van der Waals surface area contributed by atoms with E-state index in [9.17, 15) is 0 Å². The van der Waals surface area contributed by atoms with Gasteiger partial charge in [-0.05, 0) is 67.1 Å². The van der Waals surface area contributed by atoms with Gasteiger partial charge >= 0.3 is 0 Å². The number of hydrogen-bond acceptors (Lipinski definition) is 5. The quantitative estimate of drug-likeness (QED) is 0.439. The summed E-state index contributed by atoms with van der Waals surface area (Å²) < 4.78 is 1.94. The van der Waals surface area contributed by atoms with Crippen LogP contribution in [0.1, 0.15) is 29.5 Å². The van der Waals surface area contributed by atoms with Gasteiger partial charge in [-0.25, -0.2) is 0 Å². The van der Waals surface area contributed by atoms with Crippen LogP contribution in [0.15, 0.2) is 61.3 Å². The van der Waals surface area contributed by atoms with Crippen LogP contribution in [0.2, 0.25) is 0 Å². The lowest BCUT2D eigenvalue weighted by atomic mass is 10.0. The van der Waals surface area contributed by atoms with Gasteiger partial charge in [0.1, 0.15) is 12.7 Å². The summed E-state index contributed by atoms with van der Waals surface area (Å²) in [5, 5.41) is 21.7. The minimum Gasteiger partial charge on any atom is -0.361 e. The monoisotopic (exact) mass is 439 g/mol. The molecule has 1 aliphatic heterocycles. The molecule has 33 heavy (non-hydrogen) atoms. The maximum absolute atomic E-state index is 8.99. The lowest BCUT2D eigenvalue weighted by Gasteiger charge is -2.36. The molecule has 1 atom stereocenters. The van der Waals surface area contributed by atoms with Crippen LogP contribution in [-0.4, -0.2) is 56.9 Å². The Morgan fingerprint density at radius 3 is 2.73 bits per heavy atom. The molecule has 0 saturated carbocycles. The van der Waals surface area contributed by atoms with Crippen molar-refractivity contribution in [3.8, 4) is 11.8 Å². The van der Waals surface area contributed by atoms with Gasteiger partial charge in [-0.15, -0.1) is 10.2 Å². The Kier molecular flexibility index (Phi) is 6.47. The van der Waals surface area contributed by atoms with Crippen molar-refractivity contribution in [2.45, 2.75) is 31.7 Å². The molecule has 0 radical (unpaired) electrons. The fourth-order valence-corrected chi connectivity index (χ4v) is 4.80. The highest BCUT2D eigenvalue weighted by Crippen LogP contribution is 2.24. The van der Waals surface area contributed by atoms with Crippen molar-refractivity contribution in [2.75, 3.05) is 26.2 Å². The summed E-state index contributed by atoms with van der Waals surface area (Å²) in [6, 6.07) is 17.2. The molecule has 0 spiro atoms. The third-order valence-electron chi connectivity index (χ3n) is 6.69. The first kappa shape index (κ1) is 21.4. The molecule has 1 aliphatic rings. The normalized spacial score (nSPS) is 16.8. The molecule has 5 rings (SSSR count). The maximum atomic E-state index is 8.99. The van der Waals surface area contributed by atoms with E-state index in [1.165, 1.54) is 28.5 Å². The summed E-state index contributed by atoms with van der Waals surface area (Å²) in [5.41, 5.74) is 5.65. The summed E-state index contributed by atoms with van der Waals surface area (Å²) in [5.74, 6) is 0. The summed E-state index contributed by atoms with van der Waals surface area (Å²) >= 11 is 0. The molecule has 7 heteroatoms. The molecule has 2 aromatic carbocycles. The number of piperazine rings is 1. The summed E-state index contributed by atoms with van der Waals surface area (Å²) in [7, 11) is 0. The Bertz CT molecular complexity index is 1220. The standard InChI is InChI=1S/C26H29N7/c27-15-21-6-4-20(5-7-21)10-12-32-13-11-28-17-24(32)3-1-2-22-16-29-26-9-8-23(14-25(22)26)33-18-30-31-19-33/h4-9,14,16,18-19,24,28-29H,1-3,10-13,17H2. The number of hydrogen-bond donors (Lipinski definition) is 2. The highest BCUT2D eigenvalue weighted by Gasteiger charge is 2.21. The number of nitriles is 1. The molecule has 2 N–H and O–H groups in total. The Balaban J connectivity index is 1.19. The largest absolute Gasteiger partial charge is 0.361 e. The predicted octanol–water partition coefficient (Wildman–Crippen LogP) is 3.46. The molecular weight excluding hydrogens is 410 g/mol. The van der Waals surface area contributed by atoms with E-state index < -0.39 is 0 Å². The second-order valence-corrected chi connectivity index (χ2v) is 8.76. The molecular formula is C26H29N7. The first-order chi connectivity index (χ1) is 16.3. The lowest BCUT2D eigenvalue weighted by molar-refractivity contribution is 0.153. The molecule has 1 fully saturated rings. The van der Waals surface area contributed by atoms with Crippen LogP contribution < -0.4 is 5.32 Å². The third kappa shape index (κ3) is 4.98. The molecule has 0 aliphatic carbocycles. The van der Waals surface area contributed by atoms with Crippen LogP contribution >= 0.6 is 0 Å². The zero-order chi connectivity index (χ0) is 22.5. The molecule has 168 valence electrons. The maximum Gasteiger partial charge on any atom is 0.123 e. The second-order valence-electron chi connectivity index (χ2n) is 8.76. The molecule has 1 unspecified atom stereocenters. The molecule has 0 bridgehead atoms. The summed E-state index contributed by atoms with van der Waals surface area (Å²) in [6.45, 7) is 4.27. The molecule has 3 heterocycles. The van der Waals surface area contributed by atoms with Crippen molar-refractivity contribution in [2.24, 2.45) is 0 Å². The van der Waals surface area contributed by atoms with Gasteiger partial charge in [0.15, 0.2) is 0 Å². The van der Waals surface area contributed by atoms with E-state index in [2.05, 4.69) is 68.0 Å². The summed E-state index contributed by atoms with van der Waals surface area (Å²) in [6.07, 6.45) is 10.0. The third-order valence-corrected chi connectivity index (χ3v) is 6.69. The Morgan fingerprint density at radius 2 is 1.91 bits per heavy atom. The first-order valence-electron chi connectivity index (χ1n) is 11.7. The van der Waals surface area contributed by atoms with Gasteiger partial charge in [0.25, 0.3) is 0 Å². The number of fused-ring (bicyclic) bond motifs is 1. The minimum atomic E-state index is 0.565. The van der Waals surface area contributed by atoms with Gasteiger partial charge < -0.3 is 10.3 Å². The van der Waals surface area contributed by atoms with E-state index in [0.717, 1.165) is 56.7 Å². The lowest BCUT2D eigenvalue weighted by Crippen LogP contribution is -2.51. The molecule has 2 aromatic heterocycles. The average molecular weight is 440 g/mol. The molecule has 4 aromatic rings. The van der Waals surface area contributed by atoms with Crippen LogP contribution in [0.25, 0.3) is 16.6 Å². The van der Waals surface area contributed by atoms with Gasteiger partial charge in [0, 0.05) is 55.0 Å². The number of nitrogens with zero attached hydrogens (tertiary/aromatic N) is 5. The number of H-pyrrole nitrogens is 1. The van der Waals surface area contributed by atoms with Crippen molar-refractivity contribution in [1.29, 1.82) is 5.26 Å². The Hall–Kier alpha value is -3.47. The van der Waals surface area contributed by atoms with Gasteiger partial charge in [-0.2, -0.15) is 5.26 Å². The zero-order valence-electron chi connectivity index (χ0n) is 18.7. The van der Waals surface area contributed by atoms with Crippen molar-refractivity contribution in [3.63, 3.8) is 0 Å². The first-order valence-corrected chi connectivity index (χ1v) is 11.7. The van der Waals surface area contributed by atoms with Gasteiger partial charge in [-0.3, -0.25) is 9.47 Å². The topological polar surface area (TPSA) is 85.6 Å². The van der Waals surface area contributed by atoms with E-state index >= 15 is 0 Å². The van der Waals surface area contributed by atoms with E-state index in [1.54, 1.807) is 12.7 Å². The SMILES string of the molecule is N#Cc1ccc(CCN2CCNCC2CCCc2c[nH]c3ccc(-n4cnnc4)cc23)cc1. The van der Waals surface area contributed by atoms with E-state index in [4.69, 9.17) is 5.26 Å². The minimum absolute atomic E-state index is 0.565. The summed E-state index contributed by atoms with van der Waals surface area (Å²) in [4.78, 5) is 6.05. The predicted molar refractivity (Wildman–Crippen MR) is 129 cm³/mol. The van der Waals surface area contributed by atoms with Crippen molar-refractivity contribution >= 4 is 10.9 Å². The van der Waals surface area contributed by atoms with Gasteiger partial charge in [0.2, 0.25) is 0 Å². The average Bonchev–Trinajstić information content (AvgIpc) is 3.54. The number of aromatic amines is 1. The number of nitrogens with one attached hydrogen (secondary N) is 2. The highest BCUT2D eigenvalue weighted by atomic mass is 15.2. The van der Waals surface area contributed by atoms with E-state index in [-0.39, 0.29) is 0 Å². The van der Waals surface area contributed by atoms with Crippen molar-refractivity contribution in [3.05, 3.63) is 78.0 Å². The van der Waals surface area contributed by atoms with E-state index in [0.29, 0.717) is 6.04 Å². The van der Waals surface area contributed by atoms with Crippen LogP contribution in [-0.2, 0) is 12.8 Å². The van der Waals surface area contributed by atoms with Gasteiger partial charge in [-0.1, -0.05) is 12.1 Å². The van der Waals surface area contributed by atoms with Crippen LogP contribution in [0, 0.1) is 11.3 Å². The van der Waals surface area contributed by atoms with Crippen molar-refractivity contribution < 1.29 is 0 Å².